The van der Waals surface area contributed by atoms with Crippen LogP contribution in [0.25, 0.3) is 0 Å². The quantitative estimate of drug-likeness (QED) is 0.295. The van der Waals surface area contributed by atoms with Gasteiger partial charge in [0.25, 0.3) is 0 Å². The van der Waals surface area contributed by atoms with E-state index >= 15 is 0 Å². The summed E-state index contributed by atoms with van der Waals surface area (Å²) in [6.07, 6.45) is -2.78. The molecule has 0 radical (unpaired) electrons. The molecule has 136 valence electrons. The van der Waals surface area contributed by atoms with Crippen LogP contribution < -0.4 is 173 Å². The van der Waals surface area contributed by atoms with E-state index in [2.05, 4.69) is 0 Å². The number of hydrogen-bond donors (Lipinski definition) is 0. The van der Waals surface area contributed by atoms with Crippen LogP contribution in [0.15, 0.2) is 0 Å². The Bertz CT molecular complexity index is 427. The van der Waals surface area contributed by atoms with Gasteiger partial charge in [-0.05, 0) is 12.8 Å². The fourth-order valence-corrected chi connectivity index (χ4v) is 1.68. The second-order valence-corrected chi connectivity index (χ2v) is 3.85. The molecular weight excluding hydrogens is 443 g/mol. The van der Waals surface area contributed by atoms with Gasteiger partial charge >= 0.3 is 148 Å². The van der Waals surface area contributed by atoms with E-state index in [9.17, 15) is 49.5 Å². The molecule has 0 aromatic carbocycles. The Kier molecular flexibility index (Phi) is 59.8. The summed E-state index contributed by atoms with van der Waals surface area (Å²) in [4.78, 5) is 53.0. The zero-order valence-electron chi connectivity index (χ0n) is 16.2. The van der Waals surface area contributed by atoms with Gasteiger partial charge in [0.05, 0.1) is 0 Å². The average molecular weight is 456 g/mol. The molecule has 0 saturated carbocycles. The SMILES string of the molecule is O.O.O.O=C([O-])CC(C(=O)[O-])C(C(=O)[O-])C(CC(=O)[O-])C(=O)[O-].[Na+].[Na+].[Na+].[Na+].[Na+]. The van der Waals surface area contributed by atoms with Crippen LogP contribution in [-0.2, 0) is 24.0 Å². The zero-order chi connectivity index (χ0) is 16.0. The van der Waals surface area contributed by atoms with Crippen molar-refractivity contribution in [2.45, 2.75) is 12.8 Å². The Hall–Kier alpha value is 2.23. The number of aliphatic carboxylic acids is 5. The molecule has 2 atom stereocenters. The molecule has 0 heterocycles. The summed E-state index contributed by atoms with van der Waals surface area (Å²) in [5, 5.41) is 53.0. The topological polar surface area (TPSA) is 295 Å². The summed E-state index contributed by atoms with van der Waals surface area (Å²) < 4.78 is 0. The Balaban J connectivity index is -0.0000000645. The van der Waals surface area contributed by atoms with E-state index in [1.807, 2.05) is 0 Å². The van der Waals surface area contributed by atoms with E-state index in [1.165, 1.54) is 0 Å². The second kappa shape index (κ2) is 29.2. The minimum atomic E-state index is -2.49. The Labute approximate surface area is 269 Å². The summed E-state index contributed by atoms with van der Waals surface area (Å²) in [5.74, 6) is -17.8. The van der Waals surface area contributed by atoms with Crippen LogP contribution in [0.1, 0.15) is 12.8 Å². The predicted molar refractivity (Wildman–Crippen MR) is 55.6 cm³/mol. The van der Waals surface area contributed by atoms with Gasteiger partial charge in [0.15, 0.2) is 0 Å². The van der Waals surface area contributed by atoms with Crippen molar-refractivity contribution < 1.29 is 214 Å². The maximum atomic E-state index is 10.8. The molecule has 0 saturated heterocycles. The number of carbonyl (C=O) groups is 5. The summed E-state index contributed by atoms with van der Waals surface area (Å²) in [6, 6.07) is 0. The van der Waals surface area contributed by atoms with Gasteiger partial charge in [0, 0.05) is 47.6 Å². The fraction of sp³-hybridized carbons (Fsp3) is 0.500. The number of carboxylic acid groups (broad SMARTS) is 5. The third-order valence-corrected chi connectivity index (χ3v) is 2.52. The van der Waals surface area contributed by atoms with Gasteiger partial charge in [0.2, 0.25) is 0 Å². The Morgan fingerprint density at radius 2 is 0.714 bits per heavy atom. The van der Waals surface area contributed by atoms with Crippen molar-refractivity contribution in [1.29, 1.82) is 0 Å². The molecule has 18 heteroatoms. The molecule has 0 spiro atoms. The van der Waals surface area contributed by atoms with E-state index < -0.39 is 60.4 Å². The molecule has 0 aliphatic carbocycles. The first-order chi connectivity index (χ1) is 9.07. The molecule has 0 aliphatic heterocycles. The molecule has 0 aromatic rings. The molecule has 0 fully saturated rings. The normalized spacial score (nSPS) is 10.6. The van der Waals surface area contributed by atoms with E-state index in [-0.39, 0.29) is 164 Å². The maximum Gasteiger partial charge on any atom is 1.00 e. The van der Waals surface area contributed by atoms with E-state index in [4.69, 9.17) is 0 Å². The minimum absolute atomic E-state index is 0. The van der Waals surface area contributed by atoms with Crippen LogP contribution in [0.2, 0.25) is 0 Å². The minimum Gasteiger partial charge on any atom is -0.550 e. The molecule has 0 amide bonds. The van der Waals surface area contributed by atoms with Crippen molar-refractivity contribution in [3.8, 4) is 0 Å². The first-order valence-electron chi connectivity index (χ1n) is 5.10. The third-order valence-electron chi connectivity index (χ3n) is 2.52. The summed E-state index contributed by atoms with van der Waals surface area (Å²) in [7, 11) is 0. The molecular formula is C10H13Na5O13. The van der Waals surface area contributed by atoms with Gasteiger partial charge in [-0.15, -0.1) is 0 Å². The van der Waals surface area contributed by atoms with Crippen molar-refractivity contribution in [3.05, 3.63) is 0 Å². The second-order valence-electron chi connectivity index (χ2n) is 3.85. The Morgan fingerprint density at radius 1 is 0.500 bits per heavy atom. The number of carboxylic acids is 5. The van der Waals surface area contributed by atoms with Crippen LogP contribution in [0.3, 0.4) is 0 Å². The summed E-state index contributed by atoms with van der Waals surface area (Å²) >= 11 is 0. The van der Waals surface area contributed by atoms with Crippen molar-refractivity contribution in [2.24, 2.45) is 17.8 Å². The van der Waals surface area contributed by atoms with E-state index in [0.717, 1.165) is 0 Å². The number of carbonyl (C=O) groups excluding carboxylic acids is 5. The summed E-state index contributed by atoms with van der Waals surface area (Å²) in [6.45, 7) is 0. The zero-order valence-corrected chi connectivity index (χ0v) is 26.2. The molecule has 0 bridgehead atoms. The number of rotatable bonds is 9. The maximum absolute atomic E-state index is 10.8. The molecule has 2 unspecified atom stereocenters. The van der Waals surface area contributed by atoms with Crippen LogP contribution in [-0.4, -0.2) is 46.3 Å². The van der Waals surface area contributed by atoms with Crippen LogP contribution in [0.5, 0.6) is 0 Å². The van der Waals surface area contributed by atoms with Crippen molar-refractivity contribution in [1.82, 2.24) is 0 Å². The van der Waals surface area contributed by atoms with E-state index in [0.29, 0.717) is 0 Å². The smallest absolute Gasteiger partial charge is 0.550 e. The van der Waals surface area contributed by atoms with Crippen molar-refractivity contribution in [2.75, 3.05) is 0 Å². The number of hydrogen-bond acceptors (Lipinski definition) is 10. The van der Waals surface area contributed by atoms with Gasteiger partial charge in [-0.25, -0.2) is 0 Å². The standard InChI is InChI=1S/C10H12O10.5Na.3H2O/c11-5(12)1-3(8(15)16)7(10(19)20)4(9(17)18)2-6(13)14;;;;;;;;/h3-4,7H,1-2H2,(H,11,12)(H,13,14)(H,15,16)(H,17,18)(H,19,20);;;;;;3*1H2/q;5*+1;;;/p-5. The monoisotopic (exact) mass is 456 g/mol. The molecule has 0 aromatic heterocycles. The molecule has 28 heavy (non-hydrogen) atoms. The third kappa shape index (κ3) is 22.9. The first kappa shape index (κ1) is 57.3. The molecule has 6 N–H and O–H groups in total. The van der Waals surface area contributed by atoms with Crippen LogP contribution >= 0.6 is 0 Å². The molecule has 0 aliphatic rings. The van der Waals surface area contributed by atoms with Crippen molar-refractivity contribution >= 4 is 29.8 Å². The van der Waals surface area contributed by atoms with Crippen LogP contribution in [0, 0.1) is 17.8 Å². The van der Waals surface area contributed by atoms with Crippen LogP contribution in [0.4, 0.5) is 0 Å². The van der Waals surface area contributed by atoms with E-state index in [1.54, 1.807) is 0 Å². The summed E-state index contributed by atoms with van der Waals surface area (Å²) in [5.41, 5.74) is 0. The van der Waals surface area contributed by atoms with Gasteiger partial charge in [-0.2, -0.15) is 0 Å². The Morgan fingerprint density at radius 3 is 0.821 bits per heavy atom. The fourth-order valence-electron chi connectivity index (χ4n) is 1.68. The molecule has 0 rings (SSSR count). The molecule has 13 nitrogen and oxygen atoms in total. The van der Waals surface area contributed by atoms with Crippen molar-refractivity contribution in [3.63, 3.8) is 0 Å². The van der Waals surface area contributed by atoms with Gasteiger partial charge in [0.1, 0.15) is 0 Å². The largest absolute Gasteiger partial charge is 1.00 e. The predicted octanol–water partition coefficient (Wildman–Crippen LogP) is -25.1. The first-order valence-corrected chi connectivity index (χ1v) is 5.10. The average Bonchev–Trinajstić information content (AvgIpc) is 2.24. The van der Waals surface area contributed by atoms with Gasteiger partial charge in [-0.1, -0.05) is 0 Å². The van der Waals surface area contributed by atoms with Gasteiger partial charge < -0.3 is 65.9 Å². The van der Waals surface area contributed by atoms with Gasteiger partial charge in [-0.3, -0.25) is 0 Å².